The van der Waals surface area contributed by atoms with Crippen LogP contribution < -0.4 is 9.47 Å². The summed E-state index contributed by atoms with van der Waals surface area (Å²) >= 11 is 3.40. The van der Waals surface area contributed by atoms with Gasteiger partial charge in [0.05, 0.1) is 18.2 Å². The van der Waals surface area contributed by atoms with Crippen LogP contribution in [0.15, 0.2) is 22.7 Å². The van der Waals surface area contributed by atoms with Crippen LogP contribution in [0.3, 0.4) is 0 Å². The van der Waals surface area contributed by atoms with E-state index in [-0.39, 0.29) is 5.78 Å². The van der Waals surface area contributed by atoms with Crippen molar-refractivity contribution in [2.75, 3.05) is 13.7 Å². The third-order valence-corrected chi connectivity index (χ3v) is 2.69. The molecule has 1 aromatic rings. The average Bonchev–Trinajstić information content (AvgIpc) is 2.25. The molecule has 0 saturated carbocycles. The van der Waals surface area contributed by atoms with Crippen LogP contribution in [0.5, 0.6) is 11.5 Å². The van der Waals surface area contributed by atoms with Crippen LogP contribution in [0.4, 0.5) is 0 Å². The molecule has 0 atom stereocenters. The number of rotatable bonds is 6. The topological polar surface area (TPSA) is 35.5 Å². The first-order chi connectivity index (χ1) is 7.65. The van der Waals surface area contributed by atoms with Crippen molar-refractivity contribution in [3.05, 3.63) is 22.7 Å². The number of hydrogen-bond donors (Lipinski definition) is 0. The van der Waals surface area contributed by atoms with Gasteiger partial charge >= 0.3 is 0 Å². The van der Waals surface area contributed by atoms with Gasteiger partial charge in [-0.25, -0.2) is 0 Å². The molecule has 0 aliphatic heterocycles. The molecule has 0 saturated heterocycles. The number of hydrogen-bond acceptors (Lipinski definition) is 3. The van der Waals surface area contributed by atoms with Gasteiger partial charge in [-0.05, 0) is 41.4 Å². The lowest BCUT2D eigenvalue weighted by Crippen LogP contribution is -2.02. The highest BCUT2D eigenvalue weighted by Crippen LogP contribution is 2.34. The van der Waals surface area contributed by atoms with Gasteiger partial charge in [0.25, 0.3) is 0 Å². The van der Waals surface area contributed by atoms with Gasteiger partial charge < -0.3 is 14.3 Å². The first kappa shape index (κ1) is 13.0. The molecular weight excluding hydrogens is 272 g/mol. The molecule has 0 heterocycles. The third-order valence-electron chi connectivity index (χ3n) is 2.07. The molecule has 0 bridgehead atoms. The lowest BCUT2D eigenvalue weighted by atomic mass is 10.2. The van der Waals surface area contributed by atoms with Crippen LogP contribution in [0, 0.1) is 0 Å². The van der Waals surface area contributed by atoms with Gasteiger partial charge in [0, 0.05) is 6.42 Å². The molecular formula is C12H15BrO3. The summed E-state index contributed by atoms with van der Waals surface area (Å²) in [5, 5.41) is 0. The number of ketones is 1. The fourth-order valence-electron chi connectivity index (χ4n) is 1.29. The van der Waals surface area contributed by atoms with Crippen molar-refractivity contribution in [1.82, 2.24) is 0 Å². The van der Waals surface area contributed by atoms with E-state index < -0.39 is 0 Å². The maximum Gasteiger partial charge on any atom is 0.175 e. The van der Waals surface area contributed by atoms with E-state index in [9.17, 15) is 4.79 Å². The fraction of sp³-hybridized carbons (Fsp3) is 0.417. The van der Waals surface area contributed by atoms with E-state index in [2.05, 4.69) is 15.9 Å². The summed E-state index contributed by atoms with van der Waals surface area (Å²) in [5.41, 5.74) is 0. The van der Waals surface area contributed by atoms with E-state index >= 15 is 0 Å². The Morgan fingerprint density at radius 1 is 1.44 bits per heavy atom. The minimum Gasteiger partial charge on any atom is -0.493 e. The van der Waals surface area contributed by atoms with E-state index in [1.54, 1.807) is 14.0 Å². The molecule has 0 aromatic heterocycles. The normalized spacial score (nSPS) is 9.94. The van der Waals surface area contributed by atoms with E-state index in [4.69, 9.17) is 9.47 Å². The average molecular weight is 287 g/mol. The maximum atomic E-state index is 10.8. The SMILES string of the molecule is COc1cccc(Br)c1OCCCC(C)=O. The van der Waals surface area contributed by atoms with Crippen molar-refractivity contribution in [3.63, 3.8) is 0 Å². The molecule has 0 fully saturated rings. The zero-order chi connectivity index (χ0) is 12.0. The Morgan fingerprint density at radius 3 is 2.81 bits per heavy atom. The lowest BCUT2D eigenvalue weighted by molar-refractivity contribution is -0.117. The van der Waals surface area contributed by atoms with Crippen LogP contribution in [0.2, 0.25) is 0 Å². The second-order valence-corrected chi connectivity index (χ2v) is 4.28. The minimum atomic E-state index is 0.183. The molecule has 3 nitrogen and oxygen atoms in total. The monoisotopic (exact) mass is 286 g/mol. The Balaban J connectivity index is 2.55. The largest absolute Gasteiger partial charge is 0.493 e. The van der Waals surface area contributed by atoms with Gasteiger partial charge in [0.2, 0.25) is 0 Å². The van der Waals surface area contributed by atoms with Gasteiger partial charge in [0.1, 0.15) is 5.78 Å². The van der Waals surface area contributed by atoms with Crippen molar-refractivity contribution in [2.45, 2.75) is 19.8 Å². The number of halogens is 1. The van der Waals surface area contributed by atoms with E-state index in [0.29, 0.717) is 24.5 Å². The molecule has 0 N–H and O–H groups in total. The Bertz CT molecular complexity index is 363. The molecule has 1 rings (SSSR count). The first-order valence-corrected chi connectivity index (χ1v) is 5.89. The number of methoxy groups -OCH3 is 1. The molecule has 0 spiro atoms. The van der Waals surface area contributed by atoms with Crippen LogP contribution in [-0.4, -0.2) is 19.5 Å². The van der Waals surface area contributed by atoms with Crippen molar-refractivity contribution < 1.29 is 14.3 Å². The Kier molecular flexibility index (Phi) is 5.32. The number of benzene rings is 1. The smallest absolute Gasteiger partial charge is 0.175 e. The second kappa shape index (κ2) is 6.53. The summed E-state index contributed by atoms with van der Waals surface area (Å²) in [6.07, 6.45) is 1.27. The third kappa shape index (κ3) is 3.85. The van der Waals surface area contributed by atoms with Crippen LogP contribution >= 0.6 is 15.9 Å². The van der Waals surface area contributed by atoms with Crippen molar-refractivity contribution in [1.29, 1.82) is 0 Å². The summed E-state index contributed by atoms with van der Waals surface area (Å²) in [7, 11) is 1.60. The summed E-state index contributed by atoms with van der Waals surface area (Å²) < 4.78 is 11.6. The number of carbonyl (C=O) groups is 1. The van der Waals surface area contributed by atoms with Crippen molar-refractivity contribution >= 4 is 21.7 Å². The zero-order valence-corrected chi connectivity index (χ0v) is 11.0. The second-order valence-electron chi connectivity index (χ2n) is 3.43. The number of para-hydroxylation sites is 1. The Hall–Kier alpha value is -1.03. The van der Waals surface area contributed by atoms with Gasteiger partial charge in [-0.1, -0.05) is 6.07 Å². The molecule has 0 amide bonds. The predicted octanol–water partition coefficient (Wildman–Crippen LogP) is 3.21. The number of carbonyl (C=O) groups excluding carboxylic acids is 1. The van der Waals surface area contributed by atoms with Crippen LogP contribution in [-0.2, 0) is 4.79 Å². The lowest BCUT2D eigenvalue weighted by Gasteiger charge is -2.11. The highest BCUT2D eigenvalue weighted by Gasteiger charge is 2.08. The standard InChI is InChI=1S/C12H15BrO3/c1-9(14)5-4-8-16-12-10(13)6-3-7-11(12)15-2/h3,6-7H,4-5,8H2,1-2H3. The first-order valence-electron chi connectivity index (χ1n) is 5.10. The highest BCUT2D eigenvalue weighted by molar-refractivity contribution is 9.10. The summed E-state index contributed by atoms with van der Waals surface area (Å²) in [6, 6.07) is 5.61. The molecule has 0 aliphatic carbocycles. The Morgan fingerprint density at radius 2 is 2.19 bits per heavy atom. The van der Waals surface area contributed by atoms with E-state index in [0.717, 1.165) is 10.9 Å². The highest BCUT2D eigenvalue weighted by atomic mass is 79.9. The summed E-state index contributed by atoms with van der Waals surface area (Å²) in [4.78, 5) is 10.8. The fourth-order valence-corrected chi connectivity index (χ4v) is 1.75. The number of ether oxygens (including phenoxy) is 2. The Labute approximate surface area is 104 Å². The van der Waals surface area contributed by atoms with Gasteiger partial charge in [-0.15, -0.1) is 0 Å². The quantitative estimate of drug-likeness (QED) is 0.754. The summed E-state index contributed by atoms with van der Waals surface area (Å²) in [6.45, 7) is 2.09. The van der Waals surface area contributed by atoms with Gasteiger partial charge in [-0.2, -0.15) is 0 Å². The zero-order valence-electron chi connectivity index (χ0n) is 9.46. The molecule has 4 heteroatoms. The molecule has 16 heavy (non-hydrogen) atoms. The summed E-state index contributed by atoms with van der Waals surface area (Å²) in [5.74, 6) is 1.56. The van der Waals surface area contributed by atoms with Gasteiger partial charge in [-0.3, -0.25) is 0 Å². The van der Waals surface area contributed by atoms with Crippen molar-refractivity contribution in [2.24, 2.45) is 0 Å². The minimum absolute atomic E-state index is 0.183. The van der Waals surface area contributed by atoms with Crippen molar-refractivity contribution in [3.8, 4) is 11.5 Å². The molecule has 0 radical (unpaired) electrons. The number of Topliss-reactive ketones (excluding diaryl/α,β-unsaturated/α-hetero) is 1. The van der Waals surface area contributed by atoms with Crippen LogP contribution in [0.25, 0.3) is 0 Å². The van der Waals surface area contributed by atoms with E-state index in [1.807, 2.05) is 18.2 Å². The molecule has 0 unspecified atom stereocenters. The van der Waals surface area contributed by atoms with Crippen LogP contribution in [0.1, 0.15) is 19.8 Å². The van der Waals surface area contributed by atoms with Gasteiger partial charge in [0.15, 0.2) is 11.5 Å². The predicted molar refractivity (Wildman–Crippen MR) is 66.1 cm³/mol. The van der Waals surface area contributed by atoms with E-state index in [1.165, 1.54) is 0 Å². The molecule has 1 aromatic carbocycles. The molecule has 0 aliphatic rings. The maximum absolute atomic E-state index is 10.8. The molecule has 88 valence electrons.